The number of hydrogen-bond acceptors (Lipinski definition) is 0. The van der Waals surface area contributed by atoms with Crippen molar-refractivity contribution in [1.82, 2.24) is 0 Å². The second kappa shape index (κ2) is 28.4. The molecular formula is C63H123Cr. The molecule has 3 unspecified atom stereocenters. The maximum atomic E-state index is 2.70. The normalized spacial score (nSPS) is 20.2. The first kappa shape index (κ1) is 58.8. The van der Waals surface area contributed by atoms with Gasteiger partial charge in [0.2, 0.25) is 0 Å². The zero-order valence-corrected chi connectivity index (χ0v) is 48.6. The molecule has 3 fully saturated rings. The molecule has 3 aliphatic rings. The Morgan fingerprint density at radius 3 is 0.625 bits per heavy atom. The molecule has 0 amide bonds. The van der Waals surface area contributed by atoms with Gasteiger partial charge in [0.1, 0.15) is 0 Å². The Hall–Kier alpha value is 0.532. The van der Waals surface area contributed by atoms with Crippen LogP contribution in [0.3, 0.4) is 0 Å². The summed E-state index contributed by atoms with van der Waals surface area (Å²) < 4.78 is 0. The fraction of sp³-hybridized carbons (Fsp3) is 1.00. The van der Waals surface area contributed by atoms with Crippen molar-refractivity contribution >= 4 is 0 Å². The minimum absolute atomic E-state index is 0.504. The summed E-state index contributed by atoms with van der Waals surface area (Å²) in [6, 6.07) is 0. The van der Waals surface area contributed by atoms with Crippen molar-refractivity contribution in [2.24, 2.45) is 68.0 Å². The van der Waals surface area contributed by atoms with E-state index in [1.807, 2.05) is 0 Å². The van der Waals surface area contributed by atoms with Crippen LogP contribution in [0, 0.1) is 68.0 Å². The molecule has 381 valence electrons. The molecule has 64 heavy (non-hydrogen) atoms. The Morgan fingerprint density at radius 2 is 0.469 bits per heavy atom. The SMILES string of the molecule is CCC(CC)(CC(C1CCCCC1)C(CC)(CC)CC)[CH2][Cr]([CH2]C(CC)(CC)CC(C1CCCCC1)C(CC)(CC)CC)[CH2]C(CC)(CC)CC(C1CCCCC1)C(CC)(CC)CC. The molecule has 0 aliphatic heterocycles. The van der Waals surface area contributed by atoms with Crippen molar-refractivity contribution in [3.05, 3.63) is 0 Å². The van der Waals surface area contributed by atoms with Gasteiger partial charge in [0, 0.05) is 0 Å². The summed E-state index contributed by atoms with van der Waals surface area (Å²) in [6.07, 6.45) is 48.2. The Morgan fingerprint density at radius 1 is 0.281 bits per heavy atom. The van der Waals surface area contributed by atoms with Gasteiger partial charge in [0.25, 0.3) is 0 Å². The zero-order valence-electron chi connectivity index (χ0n) is 47.3. The first-order chi connectivity index (χ1) is 30.8. The Bertz CT molecular complexity index is 998. The third-order valence-electron chi connectivity index (χ3n) is 23.3. The number of rotatable bonds is 33. The summed E-state index contributed by atoms with van der Waals surface area (Å²) in [6.45, 7) is 39.6. The fourth-order valence-electron chi connectivity index (χ4n) is 17.1. The summed E-state index contributed by atoms with van der Waals surface area (Å²) >= 11 is -1.05. The van der Waals surface area contributed by atoms with Gasteiger partial charge in [-0.05, 0) is 0 Å². The molecule has 0 aromatic rings. The summed E-state index contributed by atoms with van der Waals surface area (Å²) in [7, 11) is 0. The molecule has 1 heteroatoms. The minimum atomic E-state index is -1.05. The van der Waals surface area contributed by atoms with Crippen LogP contribution in [-0.2, 0) is 14.1 Å². The molecule has 0 bridgehead atoms. The van der Waals surface area contributed by atoms with E-state index in [0.717, 1.165) is 35.5 Å². The maximum absolute atomic E-state index is 2.70. The molecule has 3 saturated carbocycles. The van der Waals surface area contributed by atoms with E-state index in [9.17, 15) is 0 Å². The van der Waals surface area contributed by atoms with Crippen LogP contribution >= 0.6 is 0 Å². The monoisotopic (exact) mass is 932 g/mol. The van der Waals surface area contributed by atoms with Crippen LogP contribution < -0.4 is 0 Å². The average Bonchev–Trinajstić information content (AvgIpc) is 3.36. The molecular weight excluding hydrogens is 809 g/mol. The third-order valence-corrected chi connectivity index (χ3v) is 28.1. The van der Waals surface area contributed by atoms with Crippen LogP contribution in [0.5, 0.6) is 0 Å². The van der Waals surface area contributed by atoms with E-state index in [0.29, 0.717) is 32.5 Å². The molecule has 0 N–H and O–H groups in total. The van der Waals surface area contributed by atoms with E-state index >= 15 is 0 Å². The molecule has 0 aromatic carbocycles. The number of hydrogen-bond donors (Lipinski definition) is 0. The molecule has 3 rings (SSSR count). The van der Waals surface area contributed by atoms with E-state index in [4.69, 9.17) is 0 Å². The van der Waals surface area contributed by atoms with Crippen LogP contribution in [0.2, 0.25) is 15.8 Å². The third kappa shape index (κ3) is 14.1. The van der Waals surface area contributed by atoms with Gasteiger partial charge in [-0.15, -0.1) is 0 Å². The van der Waals surface area contributed by atoms with Crippen molar-refractivity contribution < 1.29 is 14.1 Å². The Labute approximate surface area is 411 Å². The van der Waals surface area contributed by atoms with Crippen molar-refractivity contribution in [1.29, 1.82) is 0 Å². The van der Waals surface area contributed by atoms with Gasteiger partial charge in [0.05, 0.1) is 0 Å². The molecule has 0 nitrogen and oxygen atoms in total. The second-order valence-electron chi connectivity index (χ2n) is 24.6. The molecule has 0 heterocycles. The van der Waals surface area contributed by atoms with Crippen molar-refractivity contribution in [2.45, 2.75) is 332 Å². The van der Waals surface area contributed by atoms with Gasteiger partial charge in [-0.1, -0.05) is 0 Å². The molecule has 3 atom stereocenters. The van der Waals surface area contributed by atoms with E-state index in [-0.39, 0.29) is 0 Å². The van der Waals surface area contributed by atoms with Crippen molar-refractivity contribution in [2.75, 3.05) is 0 Å². The van der Waals surface area contributed by atoms with Crippen LogP contribution in [0.15, 0.2) is 0 Å². The predicted molar refractivity (Wildman–Crippen MR) is 287 cm³/mol. The zero-order chi connectivity index (χ0) is 47.5. The molecule has 0 aromatic heterocycles. The molecule has 0 spiro atoms. The van der Waals surface area contributed by atoms with Crippen LogP contribution in [-0.4, -0.2) is 0 Å². The quantitative estimate of drug-likeness (QED) is 0.0615. The van der Waals surface area contributed by atoms with Crippen LogP contribution in [0.25, 0.3) is 0 Å². The fourth-order valence-corrected chi connectivity index (χ4v) is 24.1. The Kier molecular flexibility index (Phi) is 26.1. The van der Waals surface area contributed by atoms with E-state index in [1.165, 1.54) is 193 Å². The predicted octanol–water partition coefficient (Wildman–Crippen LogP) is 22.7. The molecule has 3 aliphatic carbocycles. The summed E-state index contributed by atoms with van der Waals surface area (Å²) in [5.74, 6) is 5.62. The summed E-state index contributed by atoms with van der Waals surface area (Å²) in [5, 5.41) is 4.88. The second-order valence-corrected chi connectivity index (χ2v) is 27.8. The standard InChI is InChI=1S/3C21H41.Cr/c3*1-7-20(6,8-2)17-19(18-15-13-12-14-16-18)21(9-3,10-4)11-5;/h3*18-19H,6-17H2,1-5H3;. The van der Waals surface area contributed by atoms with E-state index in [1.54, 1.807) is 35.1 Å². The van der Waals surface area contributed by atoms with Crippen molar-refractivity contribution in [3.8, 4) is 0 Å². The molecule has 0 saturated heterocycles. The van der Waals surface area contributed by atoms with Crippen LogP contribution in [0.4, 0.5) is 0 Å². The summed E-state index contributed by atoms with van der Waals surface area (Å²) in [4.78, 5) is 0. The van der Waals surface area contributed by atoms with Gasteiger partial charge < -0.3 is 0 Å². The summed E-state index contributed by atoms with van der Waals surface area (Å²) in [5.41, 5.74) is 3.08. The van der Waals surface area contributed by atoms with Gasteiger partial charge in [-0.25, -0.2) is 0 Å². The van der Waals surface area contributed by atoms with Crippen LogP contribution in [0.1, 0.15) is 316 Å². The van der Waals surface area contributed by atoms with E-state index in [2.05, 4.69) is 104 Å². The van der Waals surface area contributed by atoms with Gasteiger partial charge >= 0.3 is 414 Å². The van der Waals surface area contributed by atoms with E-state index < -0.39 is 14.1 Å². The van der Waals surface area contributed by atoms with Gasteiger partial charge in [-0.2, -0.15) is 0 Å². The topological polar surface area (TPSA) is 0 Å². The van der Waals surface area contributed by atoms with Gasteiger partial charge in [0.15, 0.2) is 0 Å². The van der Waals surface area contributed by atoms with Gasteiger partial charge in [-0.3, -0.25) is 0 Å². The van der Waals surface area contributed by atoms with Crippen molar-refractivity contribution in [3.63, 3.8) is 0 Å². The Balaban J connectivity index is 2.28. The first-order valence-corrected chi connectivity index (χ1v) is 33.1. The molecule has 0 radical (unpaired) electrons. The average molecular weight is 933 g/mol. The first-order valence-electron chi connectivity index (χ1n) is 30.4.